The van der Waals surface area contributed by atoms with Crippen molar-refractivity contribution in [3.8, 4) is 0 Å². The molecule has 2 unspecified atom stereocenters. The highest BCUT2D eigenvalue weighted by molar-refractivity contribution is 5.76. The largest absolute Gasteiger partial charge is 0.396 e. The number of carbonyl (C=O) groups is 1. The van der Waals surface area contributed by atoms with Gasteiger partial charge in [0, 0.05) is 30.6 Å². The van der Waals surface area contributed by atoms with Crippen molar-refractivity contribution in [2.75, 3.05) is 6.61 Å². The lowest BCUT2D eigenvalue weighted by Gasteiger charge is -2.30. The van der Waals surface area contributed by atoms with Gasteiger partial charge in [0.15, 0.2) is 0 Å². The maximum Gasteiger partial charge on any atom is 0.220 e. The second-order valence-electron chi connectivity index (χ2n) is 6.20. The Morgan fingerprint density at radius 3 is 3.00 bits per heavy atom. The minimum atomic E-state index is -0.153. The number of aromatic nitrogens is 2. The van der Waals surface area contributed by atoms with E-state index < -0.39 is 0 Å². The van der Waals surface area contributed by atoms with Crippen LogP contribution in [-0.2, 0) is 18.3 Å². The molecular weight excluding hydrogens is 254 g/mol. The molecule has 1 saturated carbocycles. The minimum absolute atomic E-state index is 0.0693. The van der Waals surface area contributed by atoms with Gasteiger partial charge in [-0.1, -0.05) is 13.3 Å². The zero-order valence-electron chi connectivity index (χ0n) is 12.6. The van der Waals surface area contributed by atoms with Crippen molar-refractivity contribution in [1.82, 2.24) is 15.1 Å². The van der Waals surface area contributed by atoms with Crippen LogP contribution in [0, 0.1) is 12.3 Å². The molecule has 5 heteroatoms. The first-order chi connectivity index (χ1) is 9.46. The molecule has 2 N–H and O–H groups in total. The normalized spacial score (nSPS) is 25.9. The van der Waals surface area contributed by atoms with Gasteiger partial charge < -0.3 is 10.4 Å². The molecule has 1 aromatic rings. The Hall–Kier alpha value is -1.36. The minimum Gasteiger partial charge on any atom is -0.396 e. The fraction of sp³-hybridized carbons (Fsp3) is 0.733. The Morgan fingerprint density at radius 1 is 1.65 bits per heavy atom. The highest BCUT2D eigenvalue weighted by Gasteiger charge is 2.38. The summed E-state index contributed by atoms with van der Waals surface area (Å²) in [4.78, 5) is 12.1. The van der Waals surface area contributed by atoms with Crippen LogP contribution in [0.2, 0.25) is 0 Å². The van der Waals surface area contributed by atoms with Crippen LogP contribution in [0.5, 0.6) is 0 Å². The summed E-state index contributed by atoms with van der Waals surface area (Å²) in [6.07, 6.45) is 6.04. The van der Waals surface area contributed by atoms with Crippen molar-refractivity contribution >= 4 is 5.91 Å². The molecule has 1 heterocycles. The van der Waals surface area contributed by atoms with Crippen LogP contribution in [0.3, 0.4) is 0 Å². The standard InChI is InChI=1S/C15H25N3O2/c1-11-12(9-16-18(11)3)6-7-14(20)17-13-5-4-8-15(13,2)10-19/h9,13,19H,4-8,10H2,1-3H3,(H,17,20). The van der Waals surface area contributed by atoms with E-state index in [1.54, 1.807) is 0 Å². The molecule has 5 nitrogen and oxygen atoms in total. The summed E-state index contributed by atoms with van der Waals surface area (Å²) in [5.41, 5.74) is 2.08. The van der Waals surface area contributed by atoms with Gasteiger partial charge in [0.2, 0.25) is 5.91 Å². The lowest BCUT2D eigenvalue weighted by atomic mass is 9.85. The molecule has 1 amide bonds. The number of hydrogen-bond donors (Lipinski definition) is 2. The Kier molecular flexibility index (Phi) is 4.48. The zero-order chi connectivity index (χ0) is 14.8. The molecule has 2 atom stereocenters. The molecule has 0 bridgehead atoms. The molecule has 1 fully saturated rings. The van der Waals surface area contributed by atoms with Crippen LogP contribution in [0.4, 0.5) is 0 Å². The summed E-state index contributed by atoms with van der Waals surface area (Å²) < 4.78 is 1.83. The lowest BCUT2D eigenvalue weighted by molar-refractivity contribution is -0.122. The summed E-state index contributed by atoms with van der Waals surface area (Å²) in [5.74, 6) is 0.0693. The molecule has 112 valence electrons. The molecule has 0 aromatic carbocycles. The topological polar surface area (TPSA) is 67.2 Å². The average Bonchev–Trinajstić information content (AvgIpc) is 2.94. The number of aryl methyl sites for hydroxylation is 2. The number of nitrogens with one attached hydrogen (secondary N) is 1. The van der Waals surface area contributed by atoms with Crippen LogP contribution in [0.15, 0.2) is 6.20 Å². The maximum atomic E-state index is 12.1. The number of amides is 1. The summed E-state index contributed by atoms with van der Waals surface area (Å²) in [7, 11) is 1.91. The highest BCUT2D eigenvalue weighted by Crippen LogP contribution is 2.37. The number of carbonyl (C=O) groups excluding carboxylic acids is 1. The smallest absolute Gasteiger partial charge is 0.220 e. The number of aliphatic hydroxyl groups excluding tert-OH is 1. The van der Waals surface area contributed by atoms with Crippen molar-refractivity contribution in [3.63, 3.8) is 0 Å². The molecule has 20 heavy (non-hydrogen) atoms. The predicted molar refractivity (Wildman–Crippen MR) is 77.2 cm³/mol. The van der Waals surface area contributed by atoms with Crippen molar-refractivity contribution in [2.24, 2.45) is 12.5 Å². The second kappa shape index (κ2) is 5.95. The van der Waals surface area contributed by atoms with E-state index in [2.05, 4.69) is 17.3 Å². The van der Waals surface area contributed by atoms with Crippen LogP contribution >= 0.6 is 0 Å². The zero-order valence-corrected chi connectivity index (χ0v) is 12.6. The maximum absolute atomic E-state index is 12.1. The molecule has 0 radical (unpaired) electrons. The molecule has 0 aliphatic heterocycles. The molecule has 1 aliphatic rings. The second-order valence-corrected chi connectivity index (χ2v) is 6.20. The van der Waals surface area contributed by atoms with E-state index in [1.807, 2.05) is 24.9 Å². The van der Waals surface area contributed by atoms with E-state index >= 15 is 0 Å². The first-order valence-corrected chi connectivity index (χ1v) is 7.34. The van der Waals surface area contributed by atoms with E-state index in [9.17, 15) is 9.90 Å². The van der Waals surface area contributed by atoms with E-state index in [-0.39, 0.29) is 24.0 Å². The summed E-state index contributed by atoms with van der Waals surface area (Å²) >= 11 is 0. The van der Waals surface area contributed by atoms with Crippen LogP contribution in [-0.4, -0.2) is 33.4 Å². The predicted octanol–water partition coefficient (Wildman–Crippen LogP) is 1.33. The third kappa shape index (κ3) is 3.03. The Labute approximate surface area is 120 Å². The Bertz CT molecular complexity index is 483. The Balaban J connectivity index is 1.85. The summed E-state index contributed by atoms with van der Waals surface area (Å²) in [6.45, 7) is 4.20. The van der Waals surface area contributed by atoms with Gasteiger partial charge in [-0.15, -0.1) is 0 Å². The number of aliphatic hydroxyl groups is 1. The SMILES string of the molecule is Cc1c(CCC(=O)NC2CCCC2(C)CO)cnn1C. The van der Waals surface area contributed by atoms with E-state index in [0.717, 1.165) is 30.5 Å². The van der Waals surface area contributed by atoms with Gasteiger partial charge in [0.05, 0.1) is 12.8 Å². The van der Waals surface area contributed by atoms with Crippen molar-refractivity contribution in [1.29, 1.82) is 0 Å². The lowest BCUT2D eigenvalue weighted by Crippen LogP contribution is -2.44. The summed E-state index contributed by atoms with van der Waals surface area (Å²) in [5, 5.41) is 16.8. The van der Waals surface area contributed by atoms with Crippen LogP contribution in [0.25, 0.3) is 0 Å². The van der Waals surface area contributed by atoms with Crippen molar-refractivity contribution in [3.05, 3.63) is 17.5 Å². The van der Waals surface area contributed by atoms with E-state index in [4.69, 9.17) is 0 Å². The molecule has 1 aliphatic carbocycles. The highest BCUT2D eigenvalue weighted by atomic mass is 16.3. The van der Waals surface area contributed by atoms with Gasteiger partial charge in [-0.2, -0.15) is 5.10 Å². The monoisotopic (exact) mass is 279 g/mol. The van der Waals surface area contributed by atoms with E-state index in [0.29, 0.717) is 12.8 Å². The van der Waals surface area contributed by atoms with Gasteiger partial charge in [-0.25, -0.2) is 0 Å². The number of hydrogen-bond acceptors (Lipinski definition) is 3. The fourth-order valence-electron chi connectivity index (χ4n) is 2.97. The van der Waals surface area contributed by atoms with Gasteiger partial charge in [0.1, 0.15) is 0 Å². The third-order valence-electron chi connectivity index (χ3n) is 4.74. The van der Waals surface area contributed by atoms with Crippen LogP contribution in [0.1, 0.15) is 43.9 Å². The quantitative estimate of drug-likeness (QED) is 0.854. The van der Waals surface area contributed by atoms with E-state index in [1.165, 1.54) is 0 Å². The average molecular weight is 279 g/mol. The first kappa shape index (κ1) is 15.0. The van der Waals surface area contributed by atoms with Gasteiger partial charge in [-0.05, 0) is 31.7 Å². The molecule has 1 aromatic heterocycles. The molecule has 0 spiro atoms. The number of rotatable bonds is 5. The number of nitrogens with zero attached hydrogens (tertiary/aromatic N) is 2. The van der Waals surface area contributed by atoms with Gasteiger partial charge in [0.25, 0.3) is 0 Å². The summed E-state index contributed by atoms with van der Waals surface area (Å²) in [6, 6.07) is 0.106. The fourth-order valence-corrected chi connectivity index (χ4v) is 2.97. The van der Waals surface area contributed by atoms with Crippen molar-refractivity contribution < 1.29 is 9.90 Å². The van der Waals surface area contributed by atoms with Crippen LogP contribution < -0.4 is 5.32 Å². The first-order valence-electron chi connectivity index (χ1n) is 7.34. The molecule has 0 saturated heterocycles. The molecule has 2 rings (SSSR count). The molecular formula is C15H25N3O2. The van der Waals surface area contributed by atoms with Crippen molar-refractivity contribution in [2.45, 2.75) is 52.0 Å². The Morgan fingerprint density at radius 2 is 2.40 bits per heavy atom. The van der Waals surface area contributed by atoms with Gasteiger partial charge in [-0.3, -0.25) is 9.48 Å². The van der Waals surface area contributed by atoms with Gasteiger partial charge >= 0.3 is 0 Å². The third-order valence-corrected chi connectivity index (χ3v) is 4.74.